The second kappa shape index (κ2) is 5.10. The molecule has 8 heteroatoms. The highest BCUT2D eigenvalue weighted by Crippen LogP contribution is 2.25. The van der Waals surface area contributed by atoms with Crippen LogP contribution in [0.15, 0.2) is 36.4 Å². The smallest absolute Gasteiger partial charge is 0.187 e. The number of aromatic nitrogens is 4. The van der Waals surface area contributed by atoms with Crippen LogP contribution in [0.2, 0.25) is 5.02 Å². The van der Waals surface area contributed by atoms with Crippen molar-refractivity contribution in [3.05, 3.63) is 53.1 Å². The van der Waals surface area contributed by atoms with Gasteiger partial charge in [-0.3, -0.25) is 0 Å². The largest absolute Gasteiger partial charge is 0.396 e. The van der Waals surface area contributed by atoms with Crippen molar-refractivity contribution >= 4 is 17.3 Å². The second-order valence-electron chi connectivity index (χ2n) is 4.25. The first kappa shape index (κ1) is 13.4. The number of nitrogens with two attached hydrogens (primary N) is 1. The quantitative estimate of drug-likeness (QED) is 0.739. The standard InChI is InChI=1S/C13H8ClF2N5/c14-8-2-3-9(15)12(6-8)21-13(18-19-20-21)7-1-4-11(17)10(16)5-7/h1-6H,17H2. The molecule has 1 heterocycles. The first-order chi connectivity index (χ1) is 10.1. The van der Waals surface area contributed by atoms with Crippen molar-refractivity contribution < 1.29 is 8.78 Å². The average molecular weight is 308 g/mol. The van der Waals surface area contributed by atoms with Crippen molar-refractivity contribution in [3.8, 4) is 17.1 Å². The Morgan fingerprint density at radius 3 is 2.62 bits per heavy atom. The van der Waals surface area contributed by atoms with Crippen LogP contribution in [-0.2, 0) is 0 Å². The third-order valence-corrected chi connectivity index (χ3v) is 3.10. The molecule has 3 aromatic rings. The van der Waals surface area contributed by atoms with Crippen molar-refractivity contribution in [2.75, 3.05) is 5.73 Å². The van der Waals surface area contributed by atoms with Crippen molar-refractivity contribution in [2.45, 2.75) is 0 Å². The lowest BCUT2D eigenvalue weighted by Gasteiger charge is -2.07. The van der Waals surface area contributed by atoms with Gasteiger partial charge in [-0.15, -0.1) is 5.10 Å². The van der Waals surface area contributed by atoms with E-state index in [2.05, 4.69) is 15.5 Å². The van der Waals surface area contributed by atoms with E-state index in [9.17, 15) is 8.78 Å². The fourth-order valence-electron chi connectivity index (χ4n) is 1.84. The van der Waals surface area contributed by atoms with Gasteiger partial charge in [-0.1, -0.05) is 11.6 Å². The van der Waals surface area contributed by atoms with Crippen LogP contribution in [0.4, 0.5) is 14.5 Å². The van der Waals surface area contributed by atoms with Gasteiger partial charge in [0.25, 0.3) is 0 Å². The molecule has 106 valence electrons. The van der Waals surface area contributed by atoms with Gasteiger partial charge in [0.05, 0.1) is 5.69 Å². The summed E-state index contributed by atoms with van der Waals surface area (Å²) in [6.07, 6.45) is 0. The van der Waals surface area contributed by atoms with Crippen LogP contribution in [-0.4, -0.2) is 20.2 Å². The van der Waals surface area contributed by atoms with Crippen LogP contribution >= 0.6 is 11.6 Å². The van der Waals surface area contributed by atoms with E-state index in [0.717, 1.165) is 4.68 Å². The summed E-state index contributed by atoms with van der Waals surface area (Å²) >= 11 is 5.85. The third kappa shape index (κ3) is 2.43. The maximum Gasteiger partial charge on any atom is 0.187 e. The molecule has 2 N–H and O–H groups in total. The molecule has 0 saturated heterocycles. The normalized spacial score (nSPS) is 10.8. The first-order valence-corrected chi connectivity index (χ1v) is 6.23. The molecule has 3 rings (SSSR count). The number of nitrogens with zero attached hydrogens (tertiary/aromatic N) is 4. The molecule has 5 nitrogen and oxygen atoms in total. The lowest BCUT2D eigenvalue weighted by molar-refractivity contribution is 0.607. The molecule has 0 bridgehead atoms. The number of hydrogen-bond acceptors (Lipinski definition) is 4. The van der Waals surface area contributed by atoms with Gasteiger partial charge in [0.2, 0.25) is 0 Å². The van der Waals surface area contributed by atoms with Crippen LogP contribution in [0.25, 0.3) is 17.1 Å². The predicted octanol–water partition coefficient (Wildman–Crippen LogP) is 2.84. The lowest BCUT2D eigenvalue weighted by atomic mass is 10.2. The van der Waals surface area contributed by atoms with Gasteiger partial charge in [0.1, 0.15) is 17.3 Å². The summed E-state index contributed by atoms with van der Waals surface area (Å²) in [5.74, 6) is -0.979. The van der Waals surface area contributed by atoms with Gasteiger partial charge in [-0.2, -0.15) is 4.68 Å². The summed E-state index contributed by atoms with van der Waals surface area (Å²) in [5.41, 5.74) is 5.87. The molecule has 0 aliphatic rings. The molecule has 0 aliphatic carbocycles. The number of tetrazole rings is 1. The van der Waals surface area contributed by atoms with E-state index in [1.54, 1.807) is 6.07 Å². The fourth-order valence-corrected chi connectivity index (χ4v) is 2.01. The maximum absolute atomic E-state index is 13.9. The highest BCUT2D eigenvalue weighted by Gasteiger charge is 2.15. The van der Waals surface area contributed by atoms with E-state index in [-0.39, 0.29) is 17.2 Å². The van der Waals surface area contributed by atoms with Crippen molar-refractivity contribution in [2.24, 2.45) is 0 Å². The molecular formula is C13H8ClF2N5. The van der Waals surface area contributed by atoms with Crippen LogP contribution in [0.3, 0.4) is 0 Å². The average Bonchev–Trinajstić information content (AvgIpc) is 2.93. The van der Waals surface area contributed by atoms with E-state index in [4.69, 9.17) is 17.3 Å². The zero-order chi connectivity index (χ0) is 15.0. The minimum atomic E-state index is -0.603. The number of halogens is 3. The van der Waals surface area contributed by atoms with Gasteiger partial charge in [-0.05, 0) is 46.8 Å². The zero-order valence-electron chi connectivity index (χ0n) is 10.5. The maximum atomic E-state index is 13.9. The summed E-state index contributed by atoms with van der Waals surface area (Å²) in [7, 11) is 0. The molecule has 0 unspecified atom stereocenters. The Labute approximate surface area is 123 Å². The van der Waals surface area contributed by atoms with E-state index >= 15 is 0 Å². The monoisotopic (exact) mass is 307 g/mol. The number of rotatable bonds is 2. The molecule has 0 spiro atoms. The van der Waals surface area contributed by atoms with E-state index in [1.807, 2.05) is 0 Å². The van der Waals surface area contributed by atoms with Gasteiger partial charge >= 0.3 is 0 Å². The predicted molar refractivity (Wildman–Crippen MR) is 73.9 cm³/mol. The highest BCUT2D eigenvalue weighted by atomic mass is 35.5. The van der Waals surface area contributed by atoms with Crippen LogP contribution in [0.5, 0.6) is 0 Å². The van der Waals surface area contributed by atoms with E-state index in [0.29, 0.717) is 10.6 Å². The van der Waals surface area contributed by atoms with Crippen molar-refractivity contribution in [3.63, 3.8) is 0 Å². The molecule has 0 atom stereocenters. The summed E-state index contributed by atoms with van der Waals surface area (Å²) in [6.45, 7) is 0. The molecule has 21 heavy (non-hydrogen) atoms. The lowest BCUT2D eigenvalue weighted by Crippen LogP contribution is -2.03. The van der Waals surface area contributed by atoms with E-state index < -0.39 is 11.6 Å². The minimum Gasteiger partial charge on any atom is -0.396 e. The van der Waals surface area contributed by atoms with Crippen molar-refractivity contribution in [1.29, 1.82) is 0 Å². The number of benzene rings is 2. The Hall–Kier alpha value is -2.54. The molecule has 0 radical (unpaired) electrons. The zero-order valence-corrected chi connectivity index (χ0v) is 11.2. The fraction of sp³-hybridized carbons (Fsp3) is 0. The Morgan fingerprint density at radius 1 is 1.05 bits per heavy atom. The van der Waals surface area contributed by atoms with E-state index in [1.165, 1.54) is 30.3 Å². The second-order valence-corrected chi connectivity index (χ2v) is 4.68. The van der Waals surface area contributed by atoms with Crippen LogP contribution in [0.1, 0.15) is 0 Å². The Balaban J connectivity index is 2.17. The Bertz CT molecular complexity index is 818. The topological polar surface area (TPSA) is 69.6 Å². The van der Waals surface area contributed by atoms with Crippen molar-refractivity contribution in [1.82, 2.24) is 20.2 Å². The molecular weight excluding hydrogens is 300 g/mol. The molecule has 2 aromatic carbocycles. The van der Waals surface area contributed by atoms with Gasteiger partial charge in [-0.25, -0.2) is 8.78 Å². The van der Waals surface area contributed by atoms with Gasteiger partial charge in [0.15, 0.2) is 5.82 Å². The molecule has 0 fully saturated rings. The minimum absolute atomic E-state index is 0.00621. The van der Waals surface area contributed by atoms with Crippen LogP contribution < -0.4 is 5.73 Å². The SMILES string of the molecule is Nc1ccc(-c2nnnn2-c2cc(Cl)ccc2F)cc1F. The number of hydrogen-bond donors (Lipinski definition) is 1. The highest BCUT2D eigenvalue weighted by molar-refractivity contribution is 6.30. The molecule has 0 amide bonds. The summed E-state index contributed by atoms with van der Waals surface area (Å²) in [6, 6.07) is 8.10. The molecule has 0 aliphatic heterocycles. The molecule has 0 saturated carbocycles. The Morgan fingerprint density at radius 2 is 1.86 bits per heavy atom. The van der Waals surface area contributed by atoms with Crippen LogP contribution in [0, 0.1) is 11.6 Å². The van der Waals surface area contributed by atoms with Gasteiger partial charge < -0.3 is 5.73 Å². The first-order valence-electron chi connectivity index (χ1n) is 5.85. The Kier molecular flexibility index (Phi) is 3.26. The third-order valence-electron chi connectivity index (χ3n) is 2.86. The van der Waals surface area contributed by atoms with Gasteiger partial charge in [0, 0.05) is 10.6 Å². The molecule has 1 aromatic heterocycles. The summed E-state index contributed by atoms with van der Waals surface area (Å²) < 4.78 is 28.6. The number of nitrogen functional groups attached to an aromatic ring is 1. The number of anilines is 1. The summed E-state index contributed by atoms with van der Waals surface area (Å²) in [4.78, 5) is 0. The summed E-state index contributed by atoms with van der Waals surface area (Å²) in [5, 5.41) is 11.3.